The number of nitrogens with one attached hydrogen (secondary N) is 3. The van der Waals surface area contributed by atoms with Gasteiger partial charge in [0.1, 0.15) is 5.84 Å². The Morgan fingerprint density at radius 1 is 1.15 bits per heavy atom. The zero-order valence-electron chi connectivity index (χ0n) is 18.3. The number of pyridine rings is 1. The second kappa shape index (κ2) is 9.41. The van der Waals surface area contributed by atoms with E-state index in [0.717, 1.165) is 16.5 Å². The van der Waals surface area contributed by atoms with Crippen molar-refractivity contribution >= 4 is 34.2 Å². The Bertz CT molecular complexity index is 1340. The maximum absolute atomic E-state index is 12.5. The van der Waals surface area contributed by atoms with Gasteiger partial charge in [-0.3, -0.25) is 20.3 Å². The minimum absolute atomic E-state index is 0.0842. The third kappa shape index (κ3) is 5.10. The number of aliphatic imine (C=N–C) groups is 1. The number of likely N-dealkylation sites (N-methyl/N-ethyl adjacent to an activating group) is 1. The number of hydrogen-bond donors (Lipinski definition) is 4. The summed E-state index contributed by atoms with van der Waals surface area (Å²) in [4.78, 5) is 22.6. The molecule has 4 aromatic rings. The molecular formula is C24H24N8O. The van der Waals surface area contributed by atoms with Crippen LogP contribution in [-0.4, -0.2) is 58.3 Å². The van der Waals surface area contributed by atoms with Gasteiger partial charge in [-0.2, -0.15) is 5.10 Å². The minimum Gasteiger partial charge on any atom is -0.386 e. The summed E-state index contributed by atoms with van der Waals surface area (Å²) in [5.74, 6) is 0.214. The van der Waals surface area contributed by atoms with Crippen LogP contribution in [0.2, 0.25) is 0 Å². The molecule has 0 bridgehead atoms. The van der Waals surface area contributed by atoms with Crippen molar-refractivity contribution in [3.63, 3.8) is 0 Å². The molecule has 0 unspecified atom stereocenters. The van der Waals surface area contributed by atoms with Crippen molar-refractivity contribution in [1.29, 1.82) is 5.41 Å². The van der Waals surface area contributed by atoms with E-state index in [1.54, 1.807) is 18.3 Å². The topological polar surface area (TPSA) is 136 Å². The number of amidine groups is 2. The number of aromatic nitrogens is 3. The van der Waals surface area contributed by atoms with Crippen molar-refractivity contribution in [2.75, 3.05) is 26.0 Å². The molecule has 0 aliphatic heterocycles. The molecule has 9 heteroatoms. The molecule has 0 saturated carbocycles. The molecule has 4 rings (SSSR count). The quantitative estimate of drug-likeness (QED) is 0.270. The van der Waals surface area contributed by atoms with E-state index >= 15 is 0 Å². The average Bonchev–Trinajstić information content (AvgIpc) is 3.22. The predicted octanol–water partition coefficient (Wildman–Crippen LogP) is 3.12. The van der Waals surface area contributed by atoms with E-state index in [1.165, 1.54) is 6.20 Å². The highest BCUT2D eigenvalue weighted by Gasteiger charge is 2.13. The number of anilines is 1. The lowest BCUT2D eigenvalue weighted by Crippen LogP contribution is -2.29. The van der Waals surface area contributed by atoms with Gasteiger partial charge >= 0.3 is 0 Å². The number of nitrogens with two attached hydrogens (primary N) is 1. The number of hydrogen-bond acceptors (Lipinski definition) is 5. The van der Waals surface area contributed by atoms with Gasteiger partial charge in [0.15, 0.2) is 5.84 Å². The van der Waals surface area contributed by atoms with Gasteiger partial charge in [-0.25, -0.2) is 4.99 Å². The summed E-state index contributed by atoms with van der Waals surface area (Å²) in [5, 5.41) is 19.5. The number of carbonyl (C=O) groups is 1. The summed E-state index contributed by atoms with van der Waals surface area (Å²) < 4.78 is 0. The first-order valence-electron chi connectivity index (χ1n) is 10.3. The van der Waals surface area contributed by atoms with Gasteiger partial charge in [-0.1, -0.05) is 12.1 Å². The second-order valence-corrected chi connectivity index (χ2v) is 7.80. The second-order valence-electron chi connectivity index (χ2n) is 7.80. The molecule has 33 heavy (non-hydrogen) atoms. The number of rotatable bonds is 6. The van der Waals surface area contributed by atoms with Crippen LogP contribution in [0.3, 0.4) is 0 Å². The molecule has 2 heterocycles. The number of carbonyl (C=O) groups excluding carboxylic acids is 1. The number of nitrogens with zero attached hydrogens (tertiary/aromatic N) is 4. The largest absolute Gasteiger partial charge is 0.386 e. The van der Waals surface area contributed by atoms with Gasteiger partial charge < -0.3 is 16.0 Å². The van der Waals surface area contributed by atoms with E-state index in [4.69, 9.17) is 11.1 Å². The van der Waals surface area contributed by atoms with Crippen molar-refractivity contribution < 1.29 is 4.79 Å². The van der Waals surface area contributed by atoms with Gasteiger partial charge in [0, 0.05) is 34.6 Å². The molecular weight excluding hydrogens is 416 g/mol. The Balaban J connectivity index is 1.62. The van der Waals surface area contributed by atoms with Crippen LogP contribution in [0.5, 0.6) is 0 Å². The summed E-state index contributed by atoms with van der Waals surface area (Å²) in [6.45, 7) is 0.471. The van der Waals surface area contributed by atoms with Crippen molar-refractivity contribution in [3.8, 4) is 11.3 Å². The monoisotopic (exact) mass is 440 g/mol. The van der Waals surface area contributed by atoms with Crippen LogP contribution >= 0.6 is 0 Å². The first-order chi connectivity index (χ1) is 15.9. The SMILES string of the molecule is CN(C)C/C(N)=N/C(=N)c1ccc2[nH]nc(-c3cccc(NC(=O)c4cccnc4)c3)c2c1. The normalized spacial score (nSPS) is 11.7. The van der Waals surface area contributed by atoms with Crippen LogP contribution < -0.4 is 11.1 Å². The summed E-state index contributed by atoms with van der Waals surface area (Å²) in [6, 6.07) is 16.4. The van der Waals surface area contributed by atoms with E-state index in [9.17, 15) is 4.79 Å². The molecule has 0 saturated heterocycles. The standard InChI is InChI=1S/C24H24N8O/c1-32(2)14-21(25)29-23(26)16-8-9-20-19(12-16)22(31-30-20)15-5-3-7-18(11-15)28-24(33)17-6-4-10-27-13-17/h3-13H,14H2,1-2H3,(H,28,33)(H,30,31)(H3,25,26,29). The van der Waals surface area contributed by atoms with Gasteiger partial charge in [0.05, 0.1) is 23.3 Å². The number of H-pyrrole nitrogens is 1. The Morgan fingerprint density at radius 3 is 2.76 bits per heavy atom. The summed E-state index contributed by atoms with van der Waals surface area (Å²) in [7, 11) is 3.78. The zero-order valence-corrected chi connectivity index (χ0v) is 18.3. The van der Waals surface area contributed by atoms with E-state index in [2.05, 4.69) is 25.5 Å². The van der Waals surface area contributed by atoms with Crippen molar-refractivity contribution in [2.45, 2.75) is 0 Å². The third-order valence-corrected chi connectivity index (χ3v) is 4.89. The molecule has 0 radical (unpaired) electrons. The van der Waals surface area contributed by atoms with Crippen molar-refractivity contribution in [3.05, 3.63) is 78.1 Å². The summed E-state index contributed by atoms with van der Waals surface area (Å²) >= 11 is 0. The molecule has 166 valence electrons. The molecule has 0 fully saturated rings. The minimum atomic E-state index is -0.240. The van der Waals surface area contributed by atoms with Gasteiger partial charge in [0.25, 0.3) is 5.91 Å². The molecule has 5 N–H and O–H groups in total. The van der Waals surface area contributed by atoms with E-state index in [1.807, 2.05) is 61.5 Å². The number of aromatic amines is 1. The smallest absolute Gasteiger partial charge is 0.257 e. The van der Waals surface area contributed by atoms with Crippen LogP contribution in [0.1, 0.15) is 15.9 Å². The lowest BCUT2D eigenvalue weighted by Gasteiger charge is -2.09. The fraction of sp³-hybridized carbons (Fsp3) is 0.125. The molecule has 2 aromatic carbocycles. The maximum atomic E-state index is 12.5. The van der Waals surface area contributed by atoms with Crippen LogP contribution in [0.4, 0.5) is 5.69 Å². The van der Waals surface area contributed by atoms with Crippen LogP contribution in [0, 0.1) is 5.41 Å². The lowest BCUT2D eigenvalue weighted by molar-refractivity contribution is 0.102. The summed E-state index contributed by atoms with van der Waals surface area (Å²) in [6.07, 6.45) is 3.14. The first-order valence-corrected chi connectivity index (χ1v) is 10.3. The molecule has 1 amide bonds. The average molecular weight is 441 g/mol. The Hall–Kier alpha value is -4.37. The third-order valence-electron chi connectivity index (χ3n) is 4.89. The molecule has 0 spiro atoms. The predicted molar refractivity (Wildman–Crippen MR) is 131 cm³/mol. The Morgan fingerprint density at radius 2 is 2.00 bits per heavy atom. The van der Waals surface area contributed by atoms with Gasteiger partial charge in [-0.05, 0) is 56.6 Å². The highest BCUT2D eigenvalue weighted by molar-refractivity contribution is 6.08. The molecule has 0 aliphatic carbocycles. The van der Waals surface area contributed by atoms with Crippen LogP contribution in [0.25, 0.3) is 22.2 Å². The Labute approximate surface area is 190 Å². The number of benzene rings is 2. The van der Waals surface area contributed by atoms with E-state index < -0.39 is 0 Å². The van der Waals surface area contributed by atoms with Gasteiger partial charge in [0.2, 0.25) is 0 Å². The van der Waals surface area contributed by atoms with Crippen molar-refractivity contribution in [1.82, 2.24) is 20.1 Å². The fourth-order valence-corrected chi connectivity index (χ4v) is 3.39. The molecule has 9 nitrogen and oxygen atoms in total. The molecule has 2 aromatic heterocycles. The van der Waals surface area contributed by atoms with Crippen LogP contribution in [0.15, 0.2) is 72.0 Å². The lowest BCUT2D eigenvalue weighted by atomic mass is 10.0. The Kier molecular flexibility index (Phi) is 6.23. The van der Waals surface area contributed by atoms with Gasteiger partial charge in [-0.15, -0.1) is 0 Å². The van der Waals surface area contributed by atoms with Crippen molar-refractivity contribution in [2.24, 2.45) is 10.7 Å². The summed E-state index contributed by atoms with van der Waals surface area (Å²) in [5.41, 5.74) is 10.1. The highest BCUT2D eigenvalue weighted by atomic mass is 16.1. The highest BCUT2D eigenvalue weighted by Crippen LogP contribution is 2.29. The van der Waals surface area contributed by atoms with E-state index in [-0.39, 0.29) is 11.7 Å². The molecule has 0 atom stereocenters. The molecule has 0 aliphatic rings. The number of fused-ring (bicyclic) bond motifs is 1. The number of amides is 1. The first kappa shape index (κ1) is 21.8. The zero-order chi connectivity index (χ0) is 23.4. The van der Waals surface area contributed by atoms with Crippen LogP contribution in [-0.2, 0) is 0 Å². The fourth-order valence-electron chi connectivity index (χ4n) is 3.39. The maximum Gasteiger partial charge on any atom is 0.257 e. The van der Waals surface area contributed by atoms with E-state index in [0.29, 0.717) is 34.9 Å².